The largest absolute Gasteiger partial charge is 0.395 e. The van der Waals surface area contributed by atoms with Crippen LogP contribution in [0, 0.1) is 0 Å². The van der Waals surface area contributed by atoms with Crippen molar-refractivity contribution in [1.29, 1.82) is 0 Å². The van der Waals surface area contributed by atoms with Crippen LogP contribution in [0.2, 0.25) is 0 Å². The molecule has 0 aromatic rings. The van der Waals surface area contributed by atoms with Crippen molar-refractivity contribution < 1.29 is 5.11 Å². The number of thiocarbonyl (C=S) groups is 1. The fourth-order valence-electron chi connectivity index (χ4n) is 1.07. The molecule has 1 aliphatic heterocycles. The number of hydrogen-bond donors (Lipinski definition) is 2. The van der Waals surface area contributed by atoms with E-state index in [1.807, 2.05) is 6.92 Å². The van der Waals surface area contributed by atoms with Crippen molar-refractivity contribution in [2.24, 2.45) is 5.73 Å². The van der Waals surface area contributed by atoms with Gasteiger partial charge >= 0.3 is 0 Å². The van der Waals surface area contributed by atoms with Crippen molar-refractivity contribution in [3.05, 3.63) is 11.4 Å². The monoisotopic (exact) mass is 187 g/mol. The van der Waals surface area contributed by atoms with Crippen molar-refractivity contribution in [2.75, 3.05) is 14.1 Å². The van der Waals surface area contributed by atoms with Crippen LogP contribution in [0.3, 0.4) is 0 Å². The van der Waals surface area contributed by atoms with Crippen LogP contribution in [0.25, 0.3) is 0 Å². The lowest BCUT2D eigenvalue weighted by Crippen LogP contribution is -2.52. The molecule has 1 aliphatic rings. The molecule has 0 radical (unpaired) electrons. The molecule has 0 amide bonds. The first-order chi connectivity index (χ1) is 5.46. The molecule has 0 saturated carbocycles. The maximum Gasteiger partial charge on any atom is 0.207 e. The predicted octanol–water partition coefficient (Wildman–Crippen LogP) is -0.343. The lowest BCUT2D eigenvalue weighted by molar-refractivity contribution is -0.0431. The molecule has 1 heterocycles. The molecule has 1 unspecified atom stereocenters. The molecule has 0 aromatic carbocycles. The number of hydrogen-bond acceptors (Lipinski definition) is 4. The fraction of sp³-hybridized carbons (Fsp3) is 0.571. The zero-order chi connectivity index (χ0) is 9.46. The lowest BCUT2D eigenvalue weighted by atomic mass is 10.2. The Morgan fingerprint density at radius 2 is 1.92 bits per heavy atom. The Morgan fingerprint density at radius 3 is 2.42 bits per heavy atom. The highest BCUT2D eigenvalue weighted by Gasteiger charge is 2.27. The number of allylic oxidation sites excluding steroid dienone is 1. The van der Waals surface area contributed by atoms with Crippen LogP contribution in [0.5, 0.6) is 0 Å². The van der Waals surface area contributed by atoms with Crippen LogP contribution in [-0.4, -0.2) is 40.3 Å². The molecule has 3 N–H and O–H groups in total. The van der Waals surface area contributed by atoms with E-state index < -0.39 is 6.35 Å². The summed E-state index contributed by atoms with van der Waals surface area (Å²) in [5, 5.41) is 9.58. The minimum atomic E-state index is -0.704. The second-order valence-electron chi connectivity index (χ2n) is 2.87. The van der Waals surface area contributed by atoms with E-state index in [2.05, 4.69) is 0 Å². The second kappa shape index (κ2) is 2.91. The molecule has 0 spiro atoms. The summed E-state index contributed by atoms with van der Waals surface area (Å²) in [5.74, 6) is 0. The molecule has 0 aromatic heterocycles. The molecular formula is C7H13N3OS. The average Bonchev–Trinajstić information content (AvgIpc) is 2.08. The van der Waals surface area contributed by atoms with Crippen molar-refractivity contribution in [3.63, 3.8) is 0 Å². The van der Waals surface area contributed by atoms with Gasteiger partial charge in [-0.05, 0) is 6.92 Å². The Labute approximate surface area is 77.2 Å². The summed E-state index contributed by atoms with van der Waals surface area (Å²) in [6.45, 7) is 1.83. The van der Waals surface area contributed by atoms with Gasteiger partial charge in [0.1, 0.15) is 4.99 Å². The van der Waals surface area contributed by atoms with Gasteiger partial charge in [-0.25, -0.2) is 0 Å². The van der Waals surface area contributed by atoms with E-state index in [9.17, 15) is 5.11 Å². The molecule has 1 rings (SSSR count). The first kappa shape index (κ1) is 9.28. The first-order valence-corrected chi connectivity index (χ1v) is 4.02. The molecule has 5 heteroatoms. The zero-order valence-corrected chi connectivity index (χ0v) is 8.22. The lowest BCUT2D eigenvalue weighted by Gasteiger charge is -2.39. The van der Waals surface area contributed by atoms with E-state index in [4.69, 9.17) is 18.0 Å². The van der Waals surface area contributed by atoms with Gasteiger partial charge in [0.2, 0.25) is 6.35 Å². The van der Waals surface area contributed by atoms with Gasteiger partial charge in [0.25, 0.3) is 0 Å². The van der Waals surface area contributed by atoms with Crippen LogP contribution in [-0.2, 0) is 0 Å². The second-order valence-corrected chi connectivity index (χ2v) is 3.26. The summed E-state index contributed by atoms with van der Waals surface area (Å²) >= 11 is 5.01. The summed E-state index contributed by atoms with van der Waals surface area (Å²) in [4.78, 5) is 3.72. The predicted molar refractivity (Wildman–Crippen MR) is 51.0 cm³/mol. The molecule has 68 valence electrons. The highest BCUT2D eigenvalue weighted by molar-refractivity contribution is 7.80. The van der Waals surface area contributed by atoms with Gasteiger partial charge in [-0.15, -0.1) is 0 Å². The van der Waals surface area contributed by atoms with Gasteiger partial charge in [0.05, 0.1) is 5.70 Å². The van der Waals surface area contributed by atoms with Crippen LogP contribution in [0.4, 0.5) is 0 Å². The number of nitrogens with zero attached hydrogens (tertiary/aromatic N) is 2. The molecule has 0 bridgehead atoms. The number of rotatable bonds is 0. The van der Waals surface area contributed by atoms with Gasteiger partial charge in [-0.1, -0.05) is 12.2 Å². The number of aliphatic hydroxyl groups excluding tert-OH is 1. The van der Waals surface area contributed by atoms with Crippen LogP contribution < -0.4 is 5.73 Å². The first-order valence-electron chi connectivity index (χ1n) is 3.61. The number of nitrogens with two attached hydrogens (primary N) is 1. The third-order valence-electron chi connectivity index (χ3n) is 2.16. The molecule has 0 saturated heterocycles. The van der Waals surface area contributed by atoms with Crippen LogP contribution >= 0.6 is 12.2 Å². The van der Waals surface area contributed by atoms with E-state index in [-0.39, 0.29) is 0 Å². The smallest absolute Gasteiger partial charge is 0.207 e. The van der Waals surface area contributed by atoms with E-state index in [1.54, 1.807) is 23.9 Å². The van der Waals surface area contributed by atoms with Crippen molar-refractivity contribution in [1.82, 2.24) is 9.80 Å². The summed E-state index contributed by atoms with van der Waals surface area (Å²) in [5.41, 5.74) is 7.08. The Bertz CT molecular complexity index is 251. The number of likely N-dealkylation sites (N-methyl/N-ethyl adjacent to an activating group) is 1. The summed E-state index contributed by atoms with van der Waals surface area (Å²) in [7, 11) is 3.48. The highest BCUT2D eigenvalue weighted by Crippen LogP contribution is 2.18. The number of aliphatic hydroxyl groups is 1. The molecule has 4 nitrogen and oxygen atoms in total. The summed E-state index contributed by atoms with van der Waals surface area (Å²) in [6.07, 6.45) is -0.704. The van der Waals surface area contributed by atoms with Crippen molar-refractivity contribution >= 4 is 17.2 Å². The van der Waals surface area contributed by atoms with E-state index >= 15 is 0 Å². The standard InChI is InChI=1S/C7H13N3OS/c1-4-5(8)6(12)10(3)7(11)9(4)2/h7,11H,8H2,1-3H3. The Morgan fingerprint density at radius 1 is 1.42 bits per heavy atom. The van der Waals surface area contributed by atoms with Gasteiger partial charge < -0.3 is 20.6 Å². The average molecular weight is 187 g/mol. The summed E-state index contributed by atoms with van der Waals surface area (Å²) in [6, 6.07) is 0. The Kier molecular flexibility index (Phi) is 2.25. The summed E-state index contributed by atoms with van der Waals surface area (Å²) < 4.78 is 0. The van der Waals surface area contributed by atoms with E-state index in [0.717, 1.165) is 5.70 Å². The zero-order valence-electron chi connectivity index (χ0n) is 7.40. The quantitative estimate of drug-likeness (QED) is 0.508. The van der Waals surface area contributed by atoms with Gasteiger partial charge in [-0.2, -0.15) is 0 Å². The SMILES string of the molecule is CC1=C(N)C(=S)N(C)C(O)N1C. The maximum absolute atomic E-state index is 9.58. The molecule has 0 fully saturated rings. The van der Waals surface area contributed by atoms with Gasteiger partial charge in [0.15, 0.2) is 0 Å². The normalized spacial score (nSPS) is 25.3. The van der Waals surface area contributed by atoms with Crippen LogP contribution in [0.1, 0.15) is 6.92 Å². The molecular weight excluding hydrogens is 174 g/mol. The van der Waals surface area contributed by atoms with Crippen molar-refractivity contribution in [3.8, 4) is 0 Å². The van der Waals surface area contributed by atoms with Gasteiger partial charge in [-0.3, -0.25) is 0 Å². The maximum atomic E-state index is 9.58. The molecule has 0 aliphatic carbocycles. The minimum Gasteiger partial charge on any atom is -0.395 e. The Balaban J connectivity index is 3.08. The topological polar surface area (TPSA) is 52.7 Å². The van der Waals surface area contributed by atoms with Crippen molar-refractivity contribution in [2.45, 2.75) is 13.3 Å². The third-order valence-corrected chi connectivity index (χ3v) is 2.67. The molecule has 1 atom stereocenters. The van der Waals surface area contributed by atoms with E-state index in [1.165, 1.54) is 0 Å². The molecule has 12 heavy (non-hydrogen) atoms. The van der Waals surface area contributed by atoms with Gasteiger partial charge in [0, 0.05) is 19.8 Å². The van der Waals surface area contributed by atoms with E-state index in [0.29, 0.717) is 10.7 Å². The fourth-order valence-corrected chi connectivity index (χ4v) is 1.31. The minimum absolute atomic E-state index is 0.498. The highest BCUT2D eigenvalue weighted by atomic mass is 32.1. The van der Waals surface area contributed by atoms with Crippen LogP contribution in [0.15, 0.2) is 11.4 Å². The third kappa shape index (κ3) is 1.15. The Hall–Kier alpha value is -0.810.